The molecule has 1 unspecified atom stereocenters. The van der Waals surface area contributed by atoms with Crippen LogP contribution < -0.4 is 10.1 Å². The van der Waals surface area contributed by atoms with Crippen molar-refractivity contribution in [3.63, 3.8) is 0 Å². The molecule has 2 rings (SSSR count). The number of benzene rings is 2. The third-order valence-corrected chi connectivity index (χ3v) is 5.29. The van der Waals surface area contributed by atoms with E-state index in [-0.39, 0.29) is 11.8 Å². The molecule has 3 N–H and O–H groups in total. The third kappa shape index (κ3) is 12.4. The lowest BCUT2D eigenvalue weighted by Crippen LogP contribution is -2.50. The van der Waals surface area contributed by atoms with E-state index in [0.29, 0.717) is 31.7 Å². The highest BCUT2D eigenvalue weighted by atomic mass is 16.5. The van der Waals surface area contributed by atoms with Crippen molar-refractivity contribution in [1.82, 2.24) is 15.1 Å². The van der Waals surface area contributed by atoms with Crippen LogP contribution in [-0.2, 0) is 20.8 Å². The molecule has 2 amide bonds. The molecule has 0 fully saturated rings. The summed E-state index contributed by atoms with van der Waals surface area (Å²) in [6.45, 7) is 6.94. The van der Waals surface area contributed by atoms with Crippen molar-refractivity contribution in [2.75, 3.05) is 40.3 Å². The molecular formula is C28H39N3O7. The van der Waals surface area contributed by atoms with E-state index in [9.17, 15) is 9.59 Å². The fourth-order valence-corrected chi connectivity index (χ4v) is 3.43. The molecule has 0 heterocycles. The number of hydrogen-bond donors (Lipinski definition) is 3. The van der Waals surface area contributed by atoms with Gasteiger partial charge < -0.3 is 30.1 Å². The zero-order valence-corrected chi connectivity index (χ0v) is 22.6. The molecule has 0 saturated carbocycles. The second kappa shape index (κ2) is 17.5. The Morgan fingerprint density at radius 2 is 1.39 bits per heavy atom. The number of carboxylic acid groups (broad SMARTS) is 2. The summed E-state index contributed by atoms with van der Waals surface area (Å²) in [7, 11) is 4.02. The molecule has 0 saturated heterocycles. The van der Waals surface area contributed by atoms with Crippen molar-refractivity contribution < 1.29 is 34.1 Å². The number of carbonyl (C=O) groups is 4. The minimum atomic E-state index is -1.82. The Morgan fingerprint density at radius 3 is 1.87 bits per heavy atom. The molecule has 2 aromatic carbocycles. The van der Waals surface area contributed by atoms with Gasteiger partial charge in [-0.15, -0.1) is 0 Å². The van der Waals surface area contributed by atoms with E-state index < -0.39 is 18.0 Å². The molecule has 10 heteroatoms. The van der Waals surface area contributed by atoms with Crippen molar-refractivity contribution in [3.05, 3.63) is 65.7 Å². The highest BCUT2D eigenvalue weighted by molar-refractivity contribution is 6.27. The van der Waals surface area contributed by atoms with Gasteiger partial charge in [0.15, 0.2) is 0 Å². The van der Waals surface area contributed by atoms with Gasteiger partial charge in [-0.05, 0) is 56.8 Å². The Labute approximate surface area is 224 Å². The van der Waals surface area contributed by atoms with E-state index in [0.717, 1.165) is 30.7 Å². The fourth-order valence-electron chi connectivity index (χ4n) is 3.43. The molecule has 0 bridgehead atoms. The zero-order chi connectivity index (χ0) is 28.5. The van der Waals surface area contributed by atoms with Gasteiger partial charge in [-0.2, -0.15) is 0 Å². The van der Waals surface area contributed by atoms with Crippen LogP contribution in [0.2, 0.25) is 0 Å². The number of carbonyl (C=O) groups excluding carboxylic acids is 2. The molecule has 0 aromatic heterocycles. The SMILES string of the molecule is CCCN(CCC)C(=O)C(Cc1ccc(OCCN(C)C)cc1)NC(=O)c1ccccc1.O=C(O)C(=O)O. The summed E-state index contributed by atoms with van der Waals surface area (Å²) in [5.74, 6) is -3.12. The highest BCUT2D eigenvalue weighted by Crippen LogP contribution is 2.15. The minimum Gasteiger partial charge on any atom is -0.492 e. The number of likely N-dealkylation sites (N-methyl/N-ethyl adjacent to an activating group) is 1. The van der Waals surface area contributed by atoms with Gasteiger partial charge in [0.2, 0.25) is 5.91 Å². The number of hydrogen-bond acceptors (Lipinski definition) is 6. The zero-order valence-electron chi connectivity index (χ0n) is 22.6. The van der Waals surface area contributed by atoms with Crippen LogP contribution in [0, 0.1) is 0 Å². The first-order chi connectivity index (χ1) is 18.1. The van der Waals surface area contributed by atoms with E-state index in [1.165, 1.54) is 0 Å². The summed E-state index contributed by atoms with van der Waals surface area (Å²) in [6, 6.07) is 16.2. The smallest absolute Gasteiger partial charge is 0.414 e. The van der Waals surface area contributed by atoms with Gasteiger partial charge in [-0.1, -0.05) is 44.2 Å². The predicted octanol–water partition coefficient (Wildman–Crippen LogP) is 2.77. The van der Waals surface area contributed by atoms with Crippen LogP contribution in [0.3, 0.4) is 0 Å². The summed E-state index contributed by atoms with van der Waals surface area (Å²) in [5.41, 5.74) is 1.53. The third-order valence-electron chi connectivity index (χ3n) is 5.29. The number of rotatable bonds is 13. The van der Waals surface area contributed by atoms with Gasteiger partial charge in [0, 0.05) is 31.6 Å². The largest absolute Gasteiger partial charge is 0.492 e. The van der Waals surface area contributed by atoms with E-state index >= 15 is 0 Å². The molecule has 0 aliphatic carbocycles. The van der Waals surface area contributed by atoms with Crippen molar-refractivity contribution in [3.8, 4) is 5.75 Å². The Kier molecular flexibility index (Phi) is 14.8. The Balaban J connectivity index is 0.00000107. The van der Waals surface area contributed by atoms with Gasteiger partial charge >= 0.3 is 11.9 Å². The summed E-state index contributed by atoms with van der Waals surface area (Å²) in [6.07, 6.45) is 2.19. The normalized spacial score (nSPS) is 11.1. The topological polar surface area (TPSA) is 136 Å². The second-order valence-corrected chi connectivity index (χ2v) is 8.83. The number of ether oxygens (including phenoxy) is 1. The number of amides is 2. The average molecular weight is 530 g/mol. The molecule has 38 heavy (non-hydrogen) atoms. The van der Waals surface area contributed by atoms with Crippen LogP contribution in [0.1, 0.15) is 42.6 Å². The van der Waals surface area contributed by atoms with Gasteiger partial charge in [-0.25, -0.2) is 9.59 Å². The lowest BCUT2D eigenvalue weighted by molar-refractivity contribution is -0.159. The maximum atomic E-state index is 13.3. The number of aliphatic carboxylic acids is 2. The van der Waals surface area contributed by atoms with E-state index in [4.69, 9.17) is 24.5 Å². The second-order valence-electron chi connectivity index (χ2n) is 8.83. The highest BCUT2D eigenvalue weighted by Gasteiger charge is 2.26. The van der Waals surface area contributed by atoms with Crippen molar-refractivity contribution in [2.45, 2.75) is 39.2 Å². The fraction of sp³-hybridized carbons (Fsp3) is 0.429. The monoisotopic (exact) mass is 529 g/mol. The molecule has 10 nitrogen and oxygen atoms in total. The first-order valence-corrected chi connectivity index (χ1v) is 12.6. The van der Waals surface area contributed by atoms with Crippen LogP contribution in [-0.4, -0.2) is 90.1 Å². The molecule has 2 aromatic rings. The Morgan fingerprint density at radius 1 is 0.842 bits per heavy atom. The molecule has 0 radical (unpaired) electrons. The summed E-state index contributed by atoms with van der Waals surface area (Å²) >= 11 is 0. The minimum absolute atomic E-state index is 0.0377. The quantitative estimate of drug-likeness (QED) is 0.337. The van der Waals surface area contributed by atoms with Gasteiger partial charge in [-0.3, -0.25) is 9.59 Å². The van der Waals surface area contributed by atoms with Crippen LogP contribution >= 0.6 is 0 Å². The molecule has 0 spiro atoms. The molecule has 0 aliphatic rings. The van der Waals surface area contributed by atoms with E-state index in [2.05, 4.69) is 24.1 Å². The number of carboxylic acids is 2. The number of nitrogens with one attached hydrogen (secondary N) is 1. The van der Waals surface area contributed by atoms with Gasteiger partial charge in [0.1, 0.15) is 18.4 Å². The summed E-state index contributed by atoms with van der Waals surface area (Å²) in [5, 5.41) is 17.8. The molecule has 0 aliphatic heterocycles. The van der Waals surface area contributed by atoms with Crippen LogP contribution in [0.15, 0.2) is 54.6 Å². The number of nitrogens with zero attached hydrogens (tertiary/aromatic N) is 2. The van der Waals surface area contributed by atoms with Crippen molar-refractivity contribution in [1.29, 1.82) is 0 Å². The lowest BCUT2D eigenvalue weighted by Gasteiger charge is -2.27. The summed E-state index contributed by atoms with van der Waals surface area (Å²) < 4.78 is 5.76. The molecular weight excluding hydrogens is 490 g/mol. The van der Waals surface area contributed by atoms with Crippen molar-refractivity contribution >= 4 is 23.8 Å². The molecule has 208 valence electrons. The van der Waals surface area contributed by atoms with Crippen LogP contribution in [0.4, 0.5) is 0 Å². The standard InChI is InChI=1S/C26H37N3O3.C2H2O4/c1-5-16-29(17-6-2)26(31)24(27-25(30)22-10-8-7-9-11-22)20-21-12-14-23(15-13-21)32-19-18-28(3)4;3-1(4)2(5)6/h7-15,24H,5-6,16-20H2,1-4H3,(H,27,30);(H,3,4)(H,5,6). The first-order valence-electron chi connectivity index (χ1n) is 12.6. The maximum Gasteiger partial charge on any atom is 0.414 e. The lowest BCUT2D eigenvalue weighted by atomic mass is 10.0. The Hall–Kier alpha value is -3.92. The maximum absolute atomic E-state index is 13.3. The van der Waals surface area contributed by atoms with Crippen LogP contribution in [0.25, 0.3) is 0 Å². The predicted molar refractivity (Wildman–Crippen MR) is 144 cm³/mol. The average Bonchev–Trinajstić information content (AvgIpc) is 2.89. The van der Waals surface area contributed by atoms with Crippen molar-refractivity contribution in [2.24, 2.45) is 0 Å². The molecule has 1 atom stereocenters. The Bertz CT molecular complexity index is 993. The van der Waals surface area contributed by atoms with E-state index in [1.807, 2.05) is 61.5 Å². The van der Waals surface area contributed by atoms with Crippen LogP contribution in [0.5, 0.6) is 5.75 Å². The van der Waals surface area contributed by atoms with Gasteiger partial charge in [0.05, 0.1) is 0 Å². The first kappa shape index (κ1) is 32.1. The van der Waals surface area contributed by atoms with E-state index in [1.54, 1.807) is 12.1 Å². The summed E-state index contributed by atoms with van der Waals surface area (Å²) in [4.78, 5) is 48.3. The van der Waals surface area contributed by atoms with Gasteiger partial charge in [0.25, 0.3) is 5.91 Å².